The fourth-order valence-electron chi connectivity index (χ4n) is 3.13. The zero-order valence-corrected chi connectivity index (χ0v) is 20.4. The molecular formula is C24H25Cl2NO6S. The van der Waals surface area contributed by atoms with Crippen LogP contribution in [0, 0.1) is 0 Å². The van der Waals surface area contributed by atoms with Gasteiger partial charge in [0.1, 0.15) is 5.75 Å². The van der Waals surface area contributed by atoms with Crippen LogP contribution >= 0.6 is 24.0 Å². The van der Waals surface area contributed by atoms with Crippen molar-refractivity contribution in [3.05, 3.63) is 88.9 Å². The molecule has 0 aliphatic rings. The summed E-state index contributed by atoms with van der Waals surface area (Å²) in [6.07, 6.45) is -0.00443. The van der Waals surface area contributed by atoms with E-state index in [1.807, 2.05) is 6.07 Å². The molecular weight excluding hydrogens is 501 g/mol. The number of aliphatic hydroxyl groups excluding tert-OH is 1. The molecule has 0 saturated carbocycles. The highest BCUT2D eigenvalue weighted by atomic mass is 35.5. The molecule has 0 radical (unpaired) electrons. The lowest BCUT2D eigenvalue weighted by Crippen LogP contribution is -2.23. The van der Waals surface area contributed by atoms with Gasteiger partial charge in [-0.2, -0.15) is 0 Å². The molecule has 0 aromatic heterocycles. The Hall–Kier alpha value is -2.62. The molecule has 0 aliphatic heterocycles. The summed E-state index contributed by atoms with van der Waals surface area (Å²) in [5, 5.41) is 22.6. The van der Waals surface area contributed by atoms with Crippen LogP contribution in [-0.4, -0.2) is 44.3 Å². The minimum Gasteiger partial charge on any atom is -0.482 e. The highest BCUT2D eigenvalue weighted by molar-refractivity contribution is 7.91. The van der Waals surface area contributed by atoms with E-state index >= 15 is 0 Å². The molecule has 7 nitrogen and oxygen atoms in total. The predicted molar refractivity (Wildman–Crippen MR) is 132 cm³/mol. The van der Waals surface area contributed by atoms with Gasteiger partial charge in [0.2, 0.25) is 9.84 Å². The van der Waals surface area contributed by atoms with Crippen molar-refractivity contribution in [2.45, 2.75) is 22.3 Å². The monoisotopic (exact) mass is 525 g/mol. The van der Waals surface area contributed by atoms with Crippen LogP contribution < -0.4 is 10.1 Å². The van der Waals surface area contributed by atoms with Crippen molar-refractivity contribution < 1.29 is 28.2 Å². The number of hydrogen-bond acceptors (Lipinski definition) is 6. The molecule has 1 atom stereocenters. The third-order valence-electron chi connectivity index (χ3n) is 4.89. The molecule has 0 saturated heterocycles. The van der Waals surface area contributed by atoms with E-state index < -0.39 is 28.5 Å². The van der Waals surface area contributed by atoms with Crippen molar-refractivity contribution in [1.29, 1.82) is 0 Å². The Bertz CT molecular complexity index is 1180. The van der Waals surface area contributed by atoms with E-state index in [4.69, 9.17) is 21.4 Å². The normalized spacial score (nSPS) is 11.9. The topological polar surface area (TPSA) is 113 Å². The van der Waals surface area contributed by atoms with Crippen molar-refractivity contribution >= 4 is 39.8 Å². The number of carboxylic acids is 1. The summed E-state index contributed by atoms with van der Waals surface area (Å²) in [4.78, 5) is 10.8. The number of aliphatic carboxylic acids is 1. The number of ether oxygens (including phenoxy) is 1. The van der Waals surface area contributed by atoms with Gasteiger partial charge in [-0.05, 0) is 72.6 Å². The van der Waals surface area contributed by atoms with E-state index in [-0.39, 0.29) is 27.9 Å². The van der Waals surface area contributed by atoms with Crippen molar-refractivity contribution in [2.75, 3.05) is 19.7 Å². The number of halogens is 2. The lowest BCUT2D eigenvalue weighted by Gasteiger charge is -2.13. The average molecular weight is 526 g/mol. The van der Waals surface area contributed by atoms with Crippen LogP contribution in [0.3, 0.4) is 0 Å². The highest BCUT2D eigenvalue weighted by Crippen LogP contribution is 2.23. The molecule has 0 aliphatic carbocycles. The van der Waals surface area contributed by atoms with Gasteiger partial charge in [0.05, 0.1) is 15.9 Å². The second-order valence-electron chi connectivity index (χ2n) is 7.33. The van der Waals surface area contributed by atoms with Crippen molar-refractivity contribution in [1.82, 2.24) is 5.32 Å². The number of aliphatic hydroxyl groups is 1. The number of carbonyl (C=O) groups is 1. The van der Waals surface area contributed by atoms with Crippen LogP contribution in [0.4, 0.5) is 0 Å². The van der Waals surface area contributed by atoms with Crippen LogP contribution in [-0.2, 0) is 21.1 Å². The van der Waals surface area contributed by atoms with Gasteiger partial charge in [-0.3, -0.25) is 0 Å². The fraction of sp³-hybridized carbons (Fsp3) is 0.208. The molecule has 3 N–H and O–H groups in total. The first-order valence-electron chi connectivity index (χ1n) is 10.2. The second kappa shape index (κ2) is 12.7. The Morgan fingerprint density at radius 2 is 1.62 bits per heavy atom. The molecule has 0 fully saturated rings. The first-order valence-corrected chi connectivity index (χ1v) is 12.0. The van der Waals surface area contributed by atoms with E-state index in [0.717, 1.165) is 11.1 Å². The molecule has 3 aromatic carbocycles. The summed E-state index contributed by atoms with van der Waals surface area (Å²) < 4.78 is 30.7. The average Bonchev–Trinajstić information content (AvgIpc) is 2.81. The first kappa shape index (κ1) is 27.6. The van der Waals surface area contributed by atoms with Crippen LogP contribution in [0.15, 0.2) is 82.6 Å². The van der Waals surface area contributed by atoms with E-state index in [1.54, 1.807) is 42.5 Å². The zero-order chi connectivity index (χ0) is 23.8. The van der Waals surface area contributed by atoms with Gasteiger partial charge in [-0.1, -0.05) is 35.9 Å². The molecule has 10 heteroatoms. The SMILES string of the molecule is Cl.O=C(O)COc1ccc(S(=O)(=O)c2ccc(CCNCC(O)c3cccc(Cl)c3)cc2)cc1. The van der Waals surface area contributed by atoms with E-state index in [0.29, 0.717) is 24.5 Å². The molecule has 0 amide bonds. The Kier molecular flexibility index (Phi) is 10.3. The minimum atomic E-state index is -3.71. The second-order valence-corrected chi connectivity index (χ2v) is 9.71. The van der Waals surface area contributed by atoms with Gasteiger partial charge in [-0.25, -0.2) is 13.2 Å². The number of sulfone groups is 1. The summed E-state index contributed by atoms with van der Waals surface area (Å²) >= 11 is 5.94. The lowest BCUT2D eigenvalue weighted by atomic mass is 10.1. The number of benzene rings is 3. The molecule has 3 aromatic rings. The quantitative estimate of drug-likeness (QED) is 0.325. The third kappa shape index (κ3) is 7.72. The van der Waals surface area contributed by atoms with Crippen molar-refractivity contribution in [3.63, 3.8) is 0 Å². The van der Waals surface area contributed by atoms with E-state index in [2.05, 4.69) is 5.32 Å². The largest absolute Gasteiger partial charge is 0.482 e. The van der Waals surface area contributed by atoms with Gasteiger partial charge < -0.3 is 20.3 Å². The fourth-order valence-corrected chi connectivity index (χ4v) is 4.59. The first-order chi connectivity index (χ1) is 15.8. The standard InChI is InChI=1S/C24H24ClNO6S.ClH/c25-19-3-1-2-18(14-19)23(27)15-26-13-12-17-4-8-21(9-5-17)33(30,31)22-10-6-20(7-11-22)32-16-24(28)29;/h1-11,14,23,26-27H,12-13,15-16H2,(H,28,29);1H. The van der Waals surface area contributed by atoms with Crippen molar-refractivity contribution in [3.8, 4) is 5.75 Å². The van der Waals surface area contributed by atoms with Gasteiger partial charge in [0.25, 0.3) is 0 Å². The Morgan fingerprint density at radius 1 is 1.00 bits per heavy atom. The Morgan fingerprint density at radius 3 is 2.21 bits per heavy atom. The summed E-state index contributed by atoms with van der Waals surface area (Å²) in [5.41, 5.74) is 1.70. The Balaban J connectivity index is 0.00000408. The third-order valence-corrected chi connectivity index (χ3v) is 6.91. The predicted octanol–water partition coefficient (Wildman–Crippen LogP) is 3.92. The van der Waals surface area contributed by atoms with Gasteiger partial charge in [0, 0.05) is 11.6 Å². The lowest BCUT2D eigenvalue weighted by molar-refractivity contribution is -0.139. The summed E-state index contributed by atoms with van der Waals surface area (Å²) in [6.45, 7) is 0.489. The van der Waals surface area contributed by atoms with Gasteiger partial charge in [-0.15, -0.1) is 12.4 Å². The smallest absolute Gasteiger partial charge is 0.341 e. The van der Waals surface area contributed by atoms with Crippen LogP contribution in [0.1, 0.15) is 17.2 Å². The summed E-state index contributed by atoms with van der Waals surface area (Å²) in [6, 6.07) is 19.3. The van der Waals surface area contributed by atoms with Gasteiger partial charge in [0.15, 0.2) is 6.61 Å². The number of hydrogen-bond donors (Lipinski definition) is 3. The number of carboxylic acid groups (broad SMARTS) is 1. The molecule has 0 bridgehead atoms. The maximum Gasteiger partial charge on any atom is 0.341 e. The van der Waals surface area contributed by atoms with Crippen LogP contribution in [0.25, 0.3) is 0 Å². The minimum absolute atomic E-state index is 0. The zero-order valence-electron chi connectivity index (χ0n) is 18.1. The van der Waals surface area contributed by atoms with E-state index in [9.17, 15) is 18.3 Å². The summed E-state index contributed by atoms with van der Waals surface area (Å²) in [5.74, 6) is -0.834. The van der Waals surface area contributed by atoms with Crippen molar-refractivity contribution in [2.24, 2.45) is 0 Å². The summed E-state index contributed by atoms with van der Waals surface area (Å²) in [7, 11) is -3.71. The number of rotatable bonds is 11. The van der Waals surface area contributed by atoms with Crippen LogP contribution in [0.5, 0.6) is 5.75 Å². The Labute approximate surface area is 209 Å². The molecule has 182 valence electrons. The molecule has 0 heterocycles. The van der Waals surface area contributed by atoms with E-state index in [1.165, 1.54) is 24.3 Å². The molecule has 0 spiro atoms. The maximum atomic E-state index is 12.8. The maximum absolute atomic E-state index is 12.8. The molecule has 34 heavy (non-hydrogen) atoms. The molecule has 3 rings (SSSR count). The van der Waals surface area contributed by atoms with Crippen LogP contribution in [0.2, 0.25) is 5.02 Å². The van der Waals surface area contributed by atoms with Gasteiger partial charge >= 0.3 is 5.97 Å². The molecule has 1 unspecified atom stereocenters. The number of nitrogens with one attached hydrogen (secondary N) is 1. The highest BCUT2D eigenvalue weighted by Gasteiger charge is 2.17.